The normalized spacial score (nSPS) is 12.5. The van der Waals surface area contributed by atoms with Gasteiger partial charge in [-0.05, 0) is 12.8 Å². The Bertz CT molecular complexity index is 142. The molecule has 0 aromatic carbocycles. The van der Waals surface area contributed by atoms with Crippen molar-refractivity contribution < 1.29 is 9.53 Å². The number of hydrogen-bond donors (Lipinski definition) is 1. The molecule has 0 aliphatic carbocycles. The number of methoxy groups -OCH3 is 1. The van der Waals surface area contributed by atoms with Gasteiger partial charge in [0.15, 0.2) is 0 Å². The summed E-state index contributed by atoms with van der Waals surface area (Å²) in [6, 6.07) is 0. The van der Waals surface area contributed by atoms with E-state index in [2.05, 4.69) is 21.2 Å². The lowest BCUT2D eigenvalue weighted by atomic mass is 10.3. The predicted molar refractivity (Wildman–Crippen MR) is 57.1 cm³/mol. The van der Waals surface area contributed by atoms with Crippen molar-refractivity contribution in [2.45, 2.75) is 31.0 Å². The van der Waals surface area contributed by atoms with Crippen LogP contribution in [0.25, 0.3) is 0 Å². The maximum Gasteiger partial charge on any atom is 0.219 e. The molecule has 78 valence electrons. The molecule has 1 atom stereocenters. The van der Waals surface area contributed by atoms with Crippen molar-refractivity contribution in [1.29, 1.82) is 0 Å². The highest BCUT2D eigenvalue weighted by Gasteiger charge is 2.04. The van der Waals surface area contributed by atoms with Gasteiger partial charge in [-0.1, -0.05) is 22.9 Å². The number of rotatable bonds is 7. The summed E-state index contributed by atoms with van der Waals surface area (Å²) < 4.78 is 4.95. The Labute approximate surface area is 88.4 Å². The zero-order valence-electron chi connectivity index (χ0n) is 8.31. The molecule has 0 radical (unpaired) electrons. The second-order valence-corrected chi connectivity index (χ2v) is 4.24. The largest absolute Gasteiger partial charge is 0.384 e. The Kier molecular flexibility index (Phi) is 8.45. The first-order chi connectivity index (χ1) is 6.20. The van der Waals surface area contributed by atoms with E-state index in [9.17, 15) is 4.79 Å². The van der Waals surface area contributed by atoms with Gasteiger partial charge in [0, 0.05) is 24.9 Å². The van der Waals surface area contributed by atoms with Gasteiger partial charge in [-0.15, -0.1) is 0 Å². The van der Waals surface area contributed by atoms with Gasteiger partial charge in [0.25, 0.3) is 0 Å². The standard InChI is InChI=1S/C9H18BrNO2/c1-3-4-9(12)11-6-5-8(10)7-13-2/h8H,3-7H2,1-2H3,(H,11,12). The van der Waals surface area contributed by atoms with Crippen LogP contribution in [-0.2, 0) is 9.53 Å². The molecular weight excluding hydrogens is 234 g/mol. The predicted octanol–water partition coefficient (Wildman–Crippen LogP) is 1.70. The number of carbonyl (C=O) groups is 1. The molecule has 0 spiro atoms. The van der Waals surface area contributed by atoms with Crippen molar-refractivity contribution in [3.63, 3.8) is 0 Å². The highest BCUT2D eigenvalue weighted by Crippen LogP contribution is 2.03. The van der Waals surface area contributed by atoms with E-state index in [0.29, 0.717) is 17.9 Å². The number of halogens is 1. The molecule has 3 nitrogen and oxygen atoms in total. The number of hydrogen-bond acceptors (Lipinski definition) is 2. The highest BCUT2D eigenvalue weighted by atomic mass is 79.9. The Morgan fingerprint density at radius 1 is 1.62 bits per heavy atom. The quantitative estimate of drug-likeness (QED) is 0.700. The summed E-state index contributed by atoms with van der Waals surface area (Å²) in [5.74, 6) is 0.139. The summed E-state index contributed by atoms with van der Waals surface area (Å²) in [5.41, 5.74) is 0. The first kappa shape index (κ1) is 12.9. The molecule has 1 N–H and O–H groups in total. The smallest absolute Gasteiger partial charge is 0.219 e. The van der Waals surface area contributed by atoms with Gasteiger partial charge in [0.05, 0.1) is 6.61 Å². The second kappa shape index (κ2) is 8.51. The third-order valence-electron chi connectivity index (χ3n) is 1.60. The second-order valence-electron chi connectivity index (χ2n) is 2.94. The fraction of sp³-hybridized carbons (Fsp3) is 0.889. The van der Waals surface area contributed by atoms with Crippen LogP contribution in [0.2, 0.25) is 0 Å². The number of alkyl halides is 1. The summed E-state index contributed by atoms with van der Waals surface area (Å²) in [5, 5.41) is 2.85. The molecule has 0 bridgehead atoms. The van der Waals surface area contributed by atoms with Crippen molar-refractivity contribution >= 4 is 21.8 Å². The van der Waals surface area contributed by atoms with Crippen LogP contribution in [0.4, 0.5) is 0 Å². The van der Waals surface area contributed by atoms with E-state index in [1.807, 2.05) is 6.92 Å². The van der Waals surface area contributed by atoms with Crippen LogP contribution in [0.15, 0.2) is 0 Å². The molecule has 4 heteroatoms. The molecule has 0 aliphatic rings. The molecular formula is C9H18BrNO2. The van der Waals surface area contributed by atoms with Gasteiger partial charge in [0.1, 0.15) is 0 Å². The van der Waals surface area contributed by atoms with Gasteiger partial charge in [0.2, 0.25) is 5.91 Å². The Hall–Kier alpha value is -0.0900. The van der Waals surface area contributed by atoms with Crippen molar-refractivity contribution in [1.82, 2.24) is 5.32 Å². The third kappa shape index (κ3) is 8.25. The third-order valence-corrected chi connectivity index (χ3v) is 2.33. The van der Waals surface area contributed by atoms with Crippen LogP contribution in [0.5, 0.6) is 0 Å². The topological polar surface area (TPSA) is 38.3 Å². The monoisotopic (exact) mass is 251 g/mol. The van der Waals surface area contributed by atoms with Crippen LogP contribution in [-0.4, -0.2) is 31.0 Å². The minimum absolute atomic E-state index is 0.139. The van der Waals surface area contributed by atoms with Gasteiger partial charge >= 0.3 is 0 Å². The number of carbonyl (C=O) groups excluding carboxylic acids is 1. The lowest BCUT2D eigenvalue weighted by Crippen LogP contribution is -2.26. The zero-order chi connectivity index (χ0) is 10.1. The molecule has 13 heavy (non-hydrogen) atoms. The van der Waals surface area contributed by atoms with Gasteiger partial charge in [-0.2, -0.15) is 0 Å². The molecule has 0 rings (SSSR count). The van der Waals surface area contributed by atoms with Crippen LogP contribution in [0, 0.1) is 0 Å². The molecule has 0 heterocycles. The first-order valence-corrected chi connectivity index (χ1v) is 5.52. The van der Waals surface area contributed by atoms with Crippen LogP contribution in [0.3, 0.4) is 0 Å². The molecule has 1 unspecified atom stereocenters. The maximum atomic E-state index is 11.0. The fourth-order valence-electron chi connectivity index (χ4n) is 0.948. The highest BCUT2D eigenvalue weighted by molar-refractivity contribution is 9.09. The van der Waals surface area contributed by atoms with E-state index in [-0.39, 0.29) is 5.91 Å². The number of nitrogens with one attached hydrogen (secondary N) is 1. The summed E-state index contributed by atoms with van der Waals surface area (Å²) in [7, 11) is 1.67. The Morgan fingerprint density at radius 3 is 2.85 bits per heavy atom. The van der Waals surface area contributed by atoms with E-state index in [1.165, 1.54) is 0 Å². The van der Waals surface area contributed by atoms with Gasteiger partial charge in [-0.25, -0.2) is 0 Å². The number of ether oxygens (including phenoxy) is 1. The SMILES string of the molecule is CCCC(=O)NCCC(Br)COC. The van der Waals surface area contributed by atoms with Crippen molar-refractivity contribution in [2.24, 2.45) is 0 Å². The van der Waals surface area contributed by atoms with Crippen molar-refractivity contribution in [3.05, 3.63) is 0 Å². The molecule has 0 aromatic heterocycles. The minimum Gasteiger partial charge on any atom is -0.384 e. The molecule has 1 amide bonds. The summed E-state index contributed by atoms with van der Waals surface area (Å²) in [6.07, 6.45) is 2.43. The average molecular weight is 252 g/mol. The van der Waals surface area contributed by atoms with Gasteiger partial charge in [-0.3, -0.25) is 4.79 Å². The summed E-state index contributed by atoms with van der Waals surface area (Å²) in [6.45, 7) is 3.40. The lowest BCUT2D eigenvalue weighted by Gasteiger charge is -2.08. The van der Waals surface area contributed by atoms with E-state index < -0.39 is 0 Å². The summed E-state index contributed by atoms with van der Waals surface area (Å²) in [4.78, 5) is 11.4. The van der Waals surface area contributed by atoms with E-state index in [1.54, 1.807) is 7.11 Å². The fourth-order valence-corrected chi connectivity index (χ4v) is 1.44. The van der Waals surface area contributed by atoms with E-state index >= 15 is 0 Å². The molecule has 0 aliphatic heterocycles. The average Bonchev–Trinajstić information content (AvgIpc) is 2.05. The lowest BCUT2D eigenvalue weighted by molar-refractivity contribution is -0.121. The Morgan fingerprint density at radius 2 is 2.31 bits per heavy atom. The van der Waals surface area contributed by atoms with Crippen LogP contribution >= 0.6 is 15.9 Å². The van der Waals surface area contributed by atoms with Crippen molar-refractivity contribution in [3.8, 4) is 0 Å². The minimum atomic E-state index is 0.139. The number of amides is 1. The van der Waals surface area contributed by atoms with Crippen LogP contribution < -0.4 is 5.32 Å². The molecule has 0 saturated carbocycles. The molecule has 0 aromatic rings. The van der Waals surface area contributed by atoms with Crippen molar-refractivity contribution in [2.75, 3.05) is 20.3 Å². The van der Waals surface area contributed by atoms with E-state index in [0.717, 1.165) is 19.4 Å². The summed E-state index contributed by atoms with van der Waals surface area (Å²) >= 11 is 3.45. The maximum absolute atomic E-state index is 11.0. The van der Waals surface area contributed by atoms with E-state index in [4.69, 9.17) is 4.74 Å². The van der Waals surface area contributed by atoms with Gasteiger partial charge < -0.3 is 10.1 Å². The van der Waals surface area contributed by atoms with Crippen LogP contribution in [0.1, 0.15) is 26.2 Å². The zero-order valence-corrected chi connectivity index (χ0v) is 9.89. The molecule has 0 saturated heterocycles. The Balaban J connectivity index is 3.28. The molecule has 0 fully saturated rings. The first-order valence-electron chi connectivity index (χ1n) is 4.60.